The Labute approximate surface area is 131 Å². The van der Waals surface area contributed by atoms with E-state index in [0.717, 1.165) is 38.2 Å². The van der Waals surface area contributed by atoms with Gasteiger partial charge in [-0.05, 0) is 42.4 Å². The average Bonchev–Trinajstić information content (AvgIpc) is 2.46. The molecule has 1 N–H and O–H groups in total. The first-order valence-corrected chi connectivity index (χ1v) is 8.17. The van der Waals surface area contributed by atoms with Crippen molar-refractivity contribution in [1.82, 2.24) is 0 Å². The van der Waals surface area contributed by atoms with E-state index in [1.165, 1.54) is 6.07 Å². The summed E-state index contributed by atoms with van der Waals surface area (Å²) in [6.07, 6.45) is -0.194. The summed E-state index contributed by atoms with van der Waals surface area (Å²) < 4.78 is 38.8. The van der Waals surface area contributed by atoms with Crippen LogP contribution in [0.25, 0.3) is 0 Å². The third-order valence-corrected chi connectivity index (χ3v) is 5.24. The van der Waals surface area contributed by atoms with Crippen LogP contribution in [-0.2, 0) is 6.18 Å². The molecule has 1 unspecified atom stereocenters. The summed E-state index contributed by atoms with van der Waals surface area (Å²) in [7, 11) is 0. The number of halogens is 4. The fourth-order valence-corrected chi connectivity index (χ4v) is 3.60. The van der Waals surface area contributed by atoms with Gasteiger partial charge < -0.3 is 5.11 Å². The molecular weight excluding hydrogens is 345 g/mol. The Kier molecular flexibility index (Phi) is 5.36. The van der Waals surface area contributed by atoms with Crippen molar-refractivity contribution in [3.8, 4) is 0 Å². The highest BCUT2D eigenvalue weighted by atomic mass is 79.9. The third kappa shape index (κ3) is 4.01. The lowest BCUT2D eigenvalue weighted by Crippen LogP contribution is -2.20. The normalized spacial score (nSPS) is 24.9. The highest BCUT2D eigenvalue weighted by Gasteiger charge is 2.34. The van der Waals surface area contributed by atoms with E-state index in [1.54, 1.807) is 6.07 Å². The molecule has 0 saturated heterocycles. The van der Waals surface area contributed by atoms with Crippen LogP contribution in [0, 0.1) is 11.8 Å². The number of aliphatic hydroxyl groups excluding tert-OH is 1. The van der Waals surface area contributed by atoms with Crippen LogP contribution in [0.1, 0.15) is 56.3 Å². The van der Waals surface area contributed by atoms with Gasteiger partial charge in [0.05, 0.1) is 11.7 Å². The Bertz CT molecular complexity index is 479. The van der Waals surface area contributed by atoms with Crippen molar-refractivity contribution in [2.75, 3.05) is 0 Å². The molecule has 1 atom stereocenters. The van der Waals surface area contributed by atoms with Gasteiger partial charge in [-0.15, -0.1) is 0 Å². The lowest BCUT2D eigenvalue weighted by Gasteiger charge is -2.31. The van der Waals surface area contributed by atoms with Crippen molar-refractivity contribution in [2.45, 2.75) is 51.3 Å². The minimum atomic E-state index is -4.41. The van der Waals surface area contributed by atoms with Gasteiger partial charge in [0, 0.05) is 4.47 Å². The van der Waals surface area contributed by atoms with E-state index < -0.39 is 17.8 Å². The molecule has 1 fully saturated rings. The molecule has 0 spiro atoms. The molecule has 0 bridgehead atoms. The maximum absolute atomic E-state index is 12.9. The standard InChI is InChI=1S/C16H20BrF3O/c1-2-10-3-5-11(6-4-10)15(21)12-7-8-14(17)13(9-12)16(18,19)20/h7-11,15,21H,2-6H2,1H3. The lowest BCUT2D eigenvalue weighted by atomic mass is 9.77. The molecule has 0 aliphatic heterocycles. The van der Waals surface area contributed by atoms with E-state index in [2.05, 4.69) is 22.9 Å². The van der Waals surface area contributed by atoms with E-state index in [9.17, 15) is 18.3 Å². The van der Waals surface area contributed by atoms with Gasteiger partial charge in [-0.2, -0.15) is 13.2 Å². The molecule has 0 aromatic heterocycles. The first-order chi connectivity index (χ1) is 9.82. The van der Waals surface area contributed by atoms with Crippen LogP contribution in [0.2, 0.25) is 0 Å². The summed E-state index contributed by atoms with van der Waals surface area (Å²) in [6.45, 7) is 2.16. The summed E-state index contributed by atoms with van der Waals surface area (Å²) in [5.74, 6) is 0.763. The monoisotopic (exact) mass is 364 g/mol. The molecule has 1 nitrogen and oxygen atoms in total. The van der Waals surface area contributed by atoms with E-state index in [0.29, 0.717) is 11.5 Å². The molecule has 118 valence electrons. The van der Waals surface area contributed by atoms with Crippen molar-refractivity contribution in [2.24, 2.45) is 11.8 Å². The average molecular weight is 365 g/mol. The van der Waals surface area contributed by atoms with Gasteiger partial charge in [0.1, 0.15) is 0 Å². The third-order valence-electron chi connectivity index (χ3n) is 4.55. The minimum absolute atomic E-state index is 0.0145. The summed E-state index contributed by atoms with van der Waals surface area (Å²) >= 11 is 2.93. The van der Waals surface area contributed by atoms with Crippen molar-refractivity contribution in [1.29, 1.82) is 0 Å². The fraction of sp³-hybridized carbons (Fsp3) is 0.625. The van der Waals surface area contributed by atoms with E-state index in [4.69, 9.17) is 0 Å². The summed E-state index contributed by atoms with van der Waals surface area (Å²) in [6, 6.07) is 4.02. The van der Waals surface area contributed by atoms with Crippen LogP contribution in [0.3, 0.4) is 0 Å². The zero-order valence-corrected chi connectivity index (χ0v) is 13.5. The Morgan fingerprint density at radius 1 is 1.24 bits per heavy atom. The summed E-state index contributed by atoms with van der Waals surface area (Å²) in [5.41, 5.74) is -0.355. The smallest absolute Gasteiger partial charge is 0.388 e. The molecule has 1 aliphatic rings. The predicted octanol–water partition coefficient (Wildman–Crippen LogP) is 5.72. The summed E-state index contributed by atoms with van der Waals surface area (Å²) in [4.78, 5) is 0. The van der Waals surface area contributed by atoms with Crippen molar-refractivity contribution < 1.29 is 18.3 Å². The molecule has 2 rings (SSSR count). The van der Waals surface area contributed by atoms with Crippen molar-refractivity contribution in [3.63, 3.8) is 0 Å². The highest BCUT2D eigenvalue weighted by molar-refractivity contribution is 9.10. The predicted molar refractivity (Wildman–Crippen MR) is 79.8 cm³/mol. The van der Waals surface area contributed by atoms with E-state index in [1.807, 2.05) is 0 Å². The van der Waals surface area contributed by atoms with Crippen LogP contribution in [0.5, 0.6) is 0 Å². The number of benzene rings is 1. The first-order valence-electron chi connectivity index (χ1n) is 7.37. The number of hydrogen-bond donors (Lipinski definition) is 1. The number of hydrogen-bond acceptors (Lipinski definition) is 1. The first kappa shape index (κ1) is 16.8. The SMILES string of the molecule is CCC1CCC(C(O)c2ccc(Br)c(C(F)(F)F)c2)CC1. The molecule has 1 aromatic carbocycles. The van der Waals surface area contributed by atoms with Crippen LogP contribution >= 0.6 is 15.9 Å². The Hall–Kier alpha value is -0.550. The quantitative estimate of drug-likeness (QED) is 0.727. The molecule has 5 heteroatoms. The number of aliphatic hydroxyl groups is 1. The molecule has 0 radical (unpaired) electrons. The molecule has 0 heterocycles. The number of rotatable bonds is 3. The molecule has 1 aliphatic carbocycles. The molecular formula is C16H20BrF3O. The molecule has 1 saturated carbocycles. The topological polar surface area (TPSA) is 20.2 Å². The Balaban J connectivity index is 2.15. The van der Waals surface area contributed by atoms with Crippen LogP contribution in [0.4, 0.5) is 13.2 Å². The largest absolute Gasteiger partial charge is 0.417 e. The van der Waals surface area contributed by atoms with Gasteiger partial charge in [-0.3, -0.25) is 0 Å². The molecule has 1 aromatic rings. The van der Waals surface area contributed by atoms with E-state index >= 15 is 0 Å². The number of alkyl halides is 3. The highest BCUT2D eigenvalue weighted by Crippen LogP contribution is 2.41. The van der Waals surface area contributed by atoms with Gasteiger partial charge in [0.2, 0.25) is 0 Å². The van der Waals surface area contributed by atoms with Crippen LogP contribution in [-0.4, -0.2) is 5.11 Å². The van der Waals surface area contributed by atoms with Gasteiger partial charge in [0.15, 0.2) is 0 Å². The van der Waals surface area contributed by atoms with Gasteiger partial charge in [-0.1, -0.05) is 48.2 Å². The summed E-state index contributed by atoms with van der Waals surface area (Å²) in [5, 5.41) is 10.4. The van der Waals surface area contributed by atoms with Crippen LogP contribution < -0.4 is 0 Å². The zero-order chi connectivity index (χ0) is 15.6. The Morgan fingerprint density at radius 3 is 2.38 bits per heavy atom. The van der Waals surface area contributed by atoms with Crippen molar-refractivity contribution in [3.05, 3.63) is 33.8 Å². The Morgan fingerprint density at radius 2 is 1.86 bits per heavy atom. The van der Waals surface area contributed by atoms with E-state index in [-0.39, 0.29) is 10.4 Å². The second-order valence-electron chi connectivity index (χ2n) is 5.87. The minimum Gasteiger partial charge on any atom is -0.388 e. The second kappa shape index (κ2) is 6.69. The fourth-order valence-electron chi connectivity index (χ4n) is 3.13. The molecule has 21 heavy (non-hydrogen) atoms. The molecule has 0 amide bonds. The van der Waals surface area contributed by atoms with Crippen LogP contribution in [0.15, 0.2) is 22.7 Å². The maximum atomic E-state index is 12.9. The second-order valence-corrected chi connectivity index (χ2v) is 6.73. The van der Waals surface area contributed by atoms with Gasteiger partial charge in [-0.25, -0.2) is 0 Å². The lowest BCUT2D eigenvalue weighted by molar-refractivity contribution is -0.138. The van der Waals surface area contributed by atoms with Crippen molar-refractivity contribution >= 4 is 15.9 Å². The van der Waals surface area contributed by atoms with Gasteiger partial charge in [0.25, 0.3) is 0 Å². The van der Waals surface area contributed by atoms with Gasteiger partial charge >= 0.3 is 6.18 Å². The zero-order valence-electron chi connectivity index (χ0n) is 12.0. The maximum Gasteiger partial charge on any atom is 0.417 e.